The van der Waals surface area contributed by atoms with Crippen LogP contribution in [0.3, 0.4) is 0 Å². The Labute approximate surface area is 176 Å². The minimum atomic E-state index is -1.36. The van der Waals surface area contributed by atoms with Crippen LogP contribution in [0.5, 0.6) is 0 Å². The number of hydrogen-bond acceptors (Lipinski definition) is 7. The molecule has 2 saturated heterocycles. The molecular weight excluding hydrogens is 415 g/mol. The summed E-state index contributed by atoms with van der Waals surface area (Å²) in [4.78, 5) is 12.7. The van der Waals surface area contributed by atoms with Crippen LogP contribution in [0, 0.1) is 5.92 Å². The molecule has 0 bridgehead atoms. The van der Waals surface area contributed by atoms with Crippen molar-refractivity contribution in [1.82, 2.24) is 10.6 Å². The molecule has 7 nitrogen and oxygen atoms in total. The smallest absolute Gasteiger partial charge is 0.237 e. The van der Waals surface area contributed by atoms with Crippen LogP contribution >= 0.6 is 35.8 Å². The van der Waals surface area contributed by atoms with Crippen molar-refractivity contribution in [2.75, 3.05) is 12.8 Å². The Bertz CT molecular complexity index is 475. The van der Waals surface area contributed by atoms with Gasteiger partial charge in [-0.3, -0.25) is 4.79 Å². The zero-order valence-electron chi connectivity index (χ0n) is 15.9. The lowest BCUT2D eigenvalue weighted by atomic mass is 9.89. The third kappa shape index (κ3) is 6.09. The molecule has 2 aliphatic rings. The van der Waals surface area contributed by atoms with Gasteiger partial charge in [-0.15, -0.1) is 35.8 Å². The highest BCUT2D eigenvalue weighted by Gasteiger charge is 2.48. The molecule has 0 saturated carbocycles. The van der Waals surface area contributed by atoms with Crippen LogP contribution in [0.15, 0.2) is 0 Å². The molecule has 5 unspecified atom stereocenters. The topological polar surface area (TPSA) is 111 Å². The molecule has 27 heavy (non-hydrogen) atoms. The predicted molar refractivity (Wildman–Crippen MR) is 109 cm³/mol. The van der Waals surface area contributed by atoms with Crippen molar-refractivity contribution in [3.05, 3.63) is 0 Å². The van der Waals surface area contributed by atoms with E-state index >= 15 is 0 Å². The van der Waals surface area contributed by atoms with Crippen LogP contribution < -0.4 is 10.6 Å². The van der Waals surface area contributed by atoms with E-state index in [1.165, 1.54) is 11.8 Å². The molecule has 0 aromatic heterocycles. The monoisotopic (exact) mass is 446 g/mol. The van der Waals surface area contributed by atoms with Crippen LogP contribution in [0.1, 0.15) is 33.1 Å². The first-order chi connectivity index (χ1) is 12.3. The number of carbonyl (C=O) groups excluding carboxylic acids is 1. The van der Waals surface area contributed by atoms with Crippen molar-refractivity contribution in [3.63, 3.8) is 0 Å². The molecule has 2 rings (SSSR count). The van der Waals surface area contributed by atoms with E-state index in [-0.39, 0.29) is 24.4 Å². The number of aliphatic hydroxyl groups is 3. The van der Waals surface area contributed by atoms with Gasteiger partial charge in [0, 0.05) is 0 Å². The van der Waals surface area contributed by atoms with E-state index in [4.69, 9.17) is 16.3 Å². The van der Waals surface area contributed by atoms with Crippen LogP contribution in [0.2, 0.25) is 0 Å². The fourth-order valence-electron chi connectivity index (χ4n) is 3.66. The van der Waals surface area contributed by atoms with E-state index in [0.29, 0.717) is 5.92 Å². The second-order valence-electron chi connectivity index (χ2n) is 7.19. The van der Waals surface area contributed by atoms with E-state index in [1.807, 2.05) is 0 Å². The first-order valence-electron chi connectivity index (χ1n) is 9.20. The maximum absolute atomic E-state index is 12.7. The van der Waals surface area contributed by atoms with E-state index in [2.05, 4.69) is 17.6 Å². The van der Waals surface area contributed by atoms with Gasteiger partial charge in [0.1, 0.15) is 29.9 Å². The maximum Gasteiger partial charge on any atom is 0.237 e. The van der Waals surface area contributed by atoms with Gasteiger partial charge in [-0.25, -0.2) is 0 Å². The molecular formula is C17H32Cl2N2O5S. The summed E-state index contributed by atoms with van der Waals surface area (Å²) in [5.41, 5.74) is -0.703. The Morgan fingerprint density at radius 3 is 2.56 bits per heavy atom. The number of aliphatic hydroxyl groups excluding tert-OH is 3. The number of carbonyl (C=O) groups is 1. The standard InChI is InChI=1S/C17H31ClN2O5S.ClH/c1-4-9-5-6-19-10(7-9)16(24)20-11(8(2)18)15-13(22)12(21)14(23)17(25-15)26-3;/h8-15,17,19,21-23H,4-7H2,1-3H3,(H,20,24);1H/t8-,9-,10+,11-,12?,13?,14?,15?,17?;/m1./s1. The Morgan fingerprint density at radius 1 is 1.33 bits per heavy atom. The second-order valence-corrected chi connectivity index (χ2v) is 8.82. The summed E-state index contributed by atoms with van der Waals surface area (Å²) in [7, 11) is 0. The molecule has 2 heterocycles. The summed E-state index contributed by atoms with van der Waals surface area (Å²) < 4.78 is 5.77. The third-order valence-electron chi connectivity index (χ3n) is 5.40. The number of nitrogens with one attached hydrogen (secondary N) is 2. The molecule has 0 radical (unpaired) electrons. The minimum absolute atomic E-state index is 0. The molecule has 5 N–H and O–H groups in total. The zero-order valence-corrected chi connectivity index (χ0v) is 18.3. The van der Waals surface area contributed by atoms with Crippen LogP contribution in [-0.4, -0.2) is 81.3 Å². The largest absolute Gasteiger partial charge is 0.388 e. The highest BCUT2D eigenvalue weighted by molar-refractivity contribution is 7.99. The van der Waals surface area contributed by atoms with Crippen LogP contribution in [0.4, 0.5) is 0 Å². The highest BCUT2D eigenvalue weighted by Crippen LogP contribution is 2.30. The average molecular weight is 447 g/mol. The first kappa shape index (κ1) is 25.2. The molecule has 10 heteroatoms. The molecule has 0 aliphatic carbocycles. The number of halogens is 2. The van der Waals surface area contributed by atoms with Crippen molar-refractivity contribution < 1.29 is 24.9 Å². The fraction of sp³-hybridized carbons (Fsp3) is 0.941. The van der Waals surface area contributed by atoms with Crippen molar-refractivity contribution in [2.45, 2.75) is 80.4 Å². The van der Waals surface area contributed by atoms with Crippen LogP contribution in [-0.2, 0) is 9.53 Å². The van der Waals surface area contributed by atoms with Gasteiger partial charge < -0.3 is 30.7 Å². The summed E-state index contributed by atoms with van der Waals surface area (Å²) >= 11 is 7.51. The minimum Gasteiger partial charge on any atom is -0.388 e. The summed E-state index contributed by atoms with van der Waals surface area (Å²) in [5, 5.41) is 36.1. The SMILES string of the molecule is CC[C@@H]1CCN[C@H](C(=O)N[C@@H](C2OC(SC)C(O)C(O)C2O)[C@@H](C)Cl)C1.Cl. The fourth-order valence-corrected chi connectivity index (χ4v) is 4.54. The van der Waals surface area contributed by atoms with Gasteiger partial charge in [-0.1, -0.05) is 13.3 Å². The van der Waals surface area contributed by atoms with E-state index in [1.54, 1.807) is 13.2 Å². The lowest BCUT2D eigenvalue weighted by Gasteiger charge is -2.44. The number of alkyl halides is 1. The quantitative estimate of drug-likeness (QED) is 0.377. The molecule has 2 fully saturated rings. The maximum atomic E-state index is 12.7. The first-order valence-corrected chi connectivity index (χ1v) is 10.9. The Morgan fingerprint density at radius 2 is 2.00 bits per heavy atom. The Kier molecular flexibility index (Phi) is 10.7. The molecule has 0 aromatic carbocycles. The summed E-state index contributed by atoms with van der Waals surface area (Å²) in [6.07, 6.45) is -0.236. The number of hydrogen-bond donors (Lipinski definition) is 5. The lowest BCUT2D eigenvalue weighted by molar-refractivity contribution is -0.205. The number of piperidine rings is 1. The van der Waals surface area contributed by atoms with Crippen LogP contribution in [0.25, 0.3) is 0 Å². The second kappa shape index (κ2) is 11.4. The van der Waals surface area contributed by atoms with E-state index in [0.717, 1.165) is 25.8 Å². The highest BCUT2D eigenvalue weighted by atomic mass is 35.5. The average Bonchev–Trinajstić information content (AvgIpc) is 2.64. The van der Waals surface area contributed by atoms with E-state index < -0.39 is 41.3 Å². The number of amides is 1. The Balaban J connectivity index is 0.00000364. The number of thioether (sulfide) groups is 1. The van der Waals surface area contributed by atoms with Gasteiger partial charge in [-0.05, 0) is 38.5 Å². The van der Waals surface area contributed by atoms with Gasteiger partial charge in [0.2, 0.25) is 5.91 Å². The number of rotatable bonds is 6. The molecule has 0 aromatic rings. The molecule has 2 aliphatic heterocycles. The third-order valence-corrected chi connectivity index (χ3v) is 6.53. The van der Waals surface area contributed by atoms with Gasteiger partial charge in [-0.2, -0.15) is 0 Å². The number of ether oxygens (including phenoxy) is 1. The van der Waals surface area contributed by atoms with Crippen molar-refractivity contribution in [2.24, 2.45) is 5.92 Å². The zero-order chi connectivity index (χ0) is 19.4. The predicted octanol–water partition coefficient (Wildman–Crippen LogP) is 0.469. The van der Waals surface area contributed by atoms with Crippen molar-refractivity contribution in [1.29, 1.82) is 0 Å². The summed E-state index contributed by atoms with van der Waals surface area (Å²) in [6, 6.07) is -1.00. The van der Waals surface area contributed by atoms with Gasteiger partial charge in [0.25, 0.3) is 0 Å². The summed E-state index contributed by atoms with van der Waals surface area (Å²) in [5.74, 6) is 0.325. The molecule has 160 valence electrons. The normalized spacial score (nSPS) is 39.1. The Hall–Kier alpha value is 0.200. The van der Waals surface area contributed by atoms with E-state index in [9.17, 15) is 20.1 Å². The molecule has 0 spiro atoms. The lowest BCUT2D eigenvalue weighted by Crippen LogP contribution is -2.65. The van der Waals surface area contributed by atoms with Crippen molar-refractivity contribution >= 4 is 41.7 Å². The van der Waals surface area contributed by atoms with Crippen molar-refractivity contribution in [3.8, 4) is 0 Å². The van der Waals surface area contributed by atoms with Gasteiger partial charge >= 0.3 is 0 Å². The van der Waals surface area contributed by atoms with Gasteiger partial charge in [0.05, 0.1) is 17.5 Å². The molecule has 9 atom stereocenters. The summed E-state index contributed by atoms with van der Waals surface area (Å²) in [6.45, 7) is 4.62. The molecule has 1 amide bonds. The van der Waals surface area contributed by atoms with Gasteiger partial charge in [0.15, 0.2) is 0 Å².